The van der Waals surface area contributed by atoms with E-state index in [1.54, 1.807) is 0 Å². The molecule has 0 aromatic carbocycles. The Morgan fingerprint density at radius 3 is 2.61 bits per heavy atom. The van der Waals surface area contributed by atoms with Crippen molar-refractivity contribution in [2.45, 2.75) is 39.3 Å². The molecule has 6 nitrogen and oxygen atoms in total. The van der Waals surface area contributed by atoms with E-state index in [4.69, 9.17) is 14.5 Å². The molecule has 2 N–H and O–H groups in total. The van der Waals surface area contributed by atoms with Gasteiger partial charge in [0.1, 0.15) is 0 Å². The number of guanidine groups is 1. The smallest absolute Gasteiger partial charge is 0.191 e. The Labute approximate surface area is 190 Å². The molecule has 3 heterocycles. The molecular weight excluding hydrogens is 487 g/mol. The summed E-state index contributed by atoms with van der Waals surface area (Å²) in [4.78, 5) is 10.1. The van der Waals surface area contributed by atoms with Crippen molar-refractivity contribution in [2.24, 2.45) is 10.9 Å². The van der Waals surface area contributed by atoms with Crippen molar-refractivity contribution in [3.05, 3.63) is 21.9 Å². The molecule has 0 amide bonds. The van der Waals surface area contributed by atoms with Crippen LogP contribution >= 0.6 is 35.3 Å². The molecule has 2 fully saturated rings. The number of ether oxygens (including phenoxy) is 2. The maximum Gasteiger partial charge on any atom is 0.191 e. The van der Waals surface area contributed by atoms with Crippen molar-refractivity contribution in [1.82, 2.24) is 15.5 Å². The second kappa shape index (κ2) is 13.0. The van der Waals surface area contributed by atoms with Crippen LogP contribution in [0.1, 0.15) is 30.0 Å². The van der Waals surface area contributed by atoms with E-state index in [0.29, 0.717) is 12.0 Å². The van der Waals surface area contributed by atoms with Crippen LogP contribution in [0.4, 0.5) is 0 Å². The summed E-state index contributed by atoms with van der Waals surface area (Å²) in [5, 5.41) is 6.98. The summed E-state index contributed by atoms with van der Waals surface area (Å²) < 4.78 is 11.2. The van der Waals surface area contributed by atoms with Crippen LogP contribution in [0.25, 0.3) is 0 Å². The maximum absolute atomic E-state index is 5.67. The van der Waals surface area contributed by atoms with Crippen molar-refractivity contribution in [2.75, 3.05) is 52.6 Å². The van der Waals surface area contributed by atoms with Crippen molar-refractivity contribution in [3.63, 3.8) is 0 Å². The van der Waals surface area contributed by atoms with Crippen LogP contribution in [-0.4, -0.2) is 69.5 Å². The molecule has 0 bridgehead atoms. The van der Waals surface area contributed by atoms with E-state index in [-0.39, 0.29) is 24.0 Å². The zero-order chi connectivity index (χ0) is 18.9. The van der Waals surface area contributed by atoms with Gasteiger partial charge in [-0.25, -0.2) is 4.99 Å². The normalized spacial score (nSPS) is 21.9. The molecule has 2 unspecified atom stereocenters. The van der Waals surface area contributed by atoms with Gasteiger partial charge in [-0.2, -0.15) is 0 Å². The van der Waals surface area contributed by atoms with E-state index >= 15 is 0 Å². The van der Waals surface area contributed by atoms with E-state index in [2.05, 4.69) is 41.5 Å². The first-order valence-electron chi connectivity index (χ1n) is 10.3. The molecule has 3 rings (SSSR count). The van der Waals surface area contributed by atoms with Crippen LogP contribution in [-0.2, 0) is 22.4 Å². The SMILES string of the molecule is CCNC(=NCc1ccc(CC)s1)NCC(C1CCOC1)N1CCOCC1.I. The Hall–Kier alpha value is -0.420. The van der Waals surface area contributed by atoms with Gasteiger partial charge in [-0.3, -0.25) is 4.90 Å². The summed E-state index contributed by atoms with van der Waals surface area (Å²) in [6.45, 7) is 12.2. The Bertz CT molecular complexity index is 587. The predicted octanol–water partition coefficient (Wildman–Crippen LogP) is 2.72. The van der Waals surface area contributed by atoms with Crippen LogP contribution in [0, 0.1) is 5.92 Å². The van der Waals surface area contributed by atoms with Gasteiger partial charge < -0.3 is 20.1 Å². The lowest BCUT2D eigenvalue weighted by Crippen LogP contribution is -2.53. The lowest BCUT2D eigenvalue weighted by atomic mass is 9.97. The number of thiophene rings is 1. The topological polar surface area (TPSA) is 58.1 Å². The van der Waals surface area contributed by atoms with Gasteiger partial charge in [-0.15, -0.1) is 35.3 Å². The number of nitrogens with one attached hydrogen (secondary N) is 2. The van der Waals surface area contributed by atoms with Gasteiger partial charge in [0.05, 0.1) is 26.4 Å². The molecule has 0 aliphatic carbocycles. The zero-order valence-electron chi connectivity index (χ0n) is 17.1. The fraction of sp³-hybridized carbons (Fsp3) is 0.750. The van der Waals surface area contributed by atoms with Crippen LogP contribution < -0.4 is 10.6 Å². The van der Waals surface area contributed by atoms with Crippen molar-refractivity contribution in [1.29, 1.82) is 0 Å². The van der Waals surface area contributed by atoms with Gasteiger partial charge in [0, 0.05) is 54.5 Å². The summed E-state index contributed by atoms with van der Waals surface area (Å²) in [7, 11) is 0. The Kier molecular flexibility index (Phi) is 11.1. The largest absolute Gasteiger partial charge is 0.381 e. The molecule has 28 heavy (non-hydrogen) atoms. The minimum absolute atomic E-state index is 0. The third-order valence-electron chi connectivity index (χ3n) is 5.31. The third kappa shape index (κ3) is 7.12. The molecule has 0 radical (unpaired) electrons. The van der Waals surface area contributed by atoms with Crippen LogP contribution in [0.2, 0.25) is 0 Å². The minimum atomic E-state index is 0. The lowest BCUT2D eigenvalue weighted by molar-refractivity contribution is 0.00246. The van der Waals surface area contributed by atoms with Gasteiger partial charge in [0.25, 0.3) is 0 Å². The van der Waals surface area contributed by atoms with E-state index in [0.717, 1.165) is 78.0 Å². The standard InChI is InChI=1S/C20H34N4O2S.HI/c1-3-17-5-6-18(27-17)13-22-20(21-4-2)23-14-19(16-7-10-26-15-16)24-8-11-25-12-9-24;/h5-6,16,19H,3-4,7-15H2,1-2H3,(H2,21,22,23);1H. The molecule has 0 saturated carbocycles. The molecule has 1 aromatic heterocycles. The number of hydrogen-bond donors (Lipinski definition) is 2. The summed E-state index contributed by atoms with van der Waals surface area (Å²) in [5.74, 6) is 1.49. The van der Waals surface area contributed by atoms with E-state index in [1.807, 2.05) is 11.3 Å². The summed E-state index contributed by atoms with van der Waals surface area (Å²) in [6, 6.07) is 4.88. The van der Waals surface area contributed by atoms with Gasteiger partial charge in [0.2, 0.25) is 0 Å². The average Bonchev–Trinajstić information content (AvgIpc) is 3.39. The Morgan fingerprint density at radius 1 is 1.18 bits per heavy atom. The van der Waals surface area contributed by atoms with Crippen molar-refractivity contribution in [3.8, 4) is 0 Å². The second-order valence-electron chi connectivity index (χ2n) is 7.14. The quantitative estimate of drug-likeness (QED) is 0.313. The monoisotopic (exact) mass is 522 g/mol. The highest BCUT2D eigenvalue weighted by atomic mass is 127. The molecule has 1 aromatic rings. The number of morpholine rings is 1. The molecule has 2 aliphatic heterocycles. The number of nitrogens with zero attached hydrogens (tertiary/aromatic N) is 2. The third-order valence-corrected chi connectivity index (χ3v) is 6.52. The zero-order valence-corrected chi connectivity index (χ0v) is 20.3. The second-order valence-corrected chi connectivity index (χ2v) is 8.39. The number of aliphatic imine (C=N–C) groups is 1. The van der Waals surface area contributed by atoms with Gasteiger partial charge in [-0.05, 0) is 31.9 Å². The first-order valence-corrected chi connectivity index (χ1v) is 11.1. The fourth-order valence-corrected chi connectivity index (χ4v) is 4.64. The fourth-order valence-electron chi connectivity index (χ4n) is 3.76. The van der Waals surface area contributed by atoms with E-state index in [1.165, 1.54) is 9.75 Å². The lowest BCUT2D eigenvalue weighted by Gasteiger charge is -2.37. The predicted molar refractivity (Wildman–Crippen MR) is 127 cm³/mol. The highest BCUT2D eigenvalue weighted by Crippen LogP contribution is 2.22. The number of aryl methyl sites for hydroxylation is 1. The molecule has 8 heteroatoms. The highest BCUT2D eigenvalue weighted by molar-refractivity contribution is 14.0. The summed E-state index contributed by atoms with van der Waals surface area (Å²) in [5.41, 5.74) is 0. The Morgan fingerprint density at radius 2 is 1.96 bits per heavy atom. The molecule has 2 atom stereocenters. The van der Waals surface area contributed by atoms with Crippen LogP contribution in [0.15, 0.2) is 17.1 Å². The molecule has 2 aliphatic rings. The number of rotatable bonds is 8. The van der Waals surface area contributed by atoms with Crippen molar-refractivity contribution < 1.29 is 9.47 Å². The van der Waals surface area contributed by atoms with E-state index in [9.17, 15) is 0 Å². The molecule has 2 saturated heterocycles. The minimum Gasteiger partial charge on any atom is -0.381 e. The van der Waals surface area contributed by atoms with Gasteiger partial charge in [-0.1, -0.05) is 6.92 Å². The van der Waals surface area contributed by atoms with Crippen LogP contribution in [0.3, 0.4) is 0 Å². The van der Waals surface area contributed by atoms with Gasteiger partial charge >= 0.3 is 0 Å². The van der Waals surface area contributed by atoms with Crippen LogP contribution in [0.5, 0.6) is 0 Å². The average molecular weight is 522 g/mol. The summed E-state index contributed by atoms with van der Waals surface area (Å²) in [6.07, 6.45) is 2.24. The highest BCUT2D eigenvalue weighted by Gasteiger charge is 2.31. The number of halogens is 1. The summed E-state index contributed by atoms with van der Waals surface area (Å²) >= 11 is 1.86. The first kappa shape index (κ1) is 23.9. The van der Waals surface area contributed by atoms with Crippen molar-refractivity contribution >= 4 is 41.3 Å². The van der Waals surface area contributed by atoms with Gasteiger partial charge in [0.15, 0.2) is 5.96 Å². The Balaban J connectivity index is 0.00000280. The maximum atomic E-state index is 5.67. The van der Waals surface area contributed by atoms with E-state index < -0.39 is 0 Å². The first-order chi connectivity index (χ1) is 13.3. The molecule has 0 spiro atoms. The molecular formula is C20H35IN4O2S. The number of hydrogen-bond acceptors (Lipinski definition) is 5. The molecule has 160 valence electrons.